The van der Waals surface area contributed by atoms with Crippen LogP contribution in [-0.2, 0) is 0 Å². The number of alkyl halides is 3. The van der Waals surface area contributed by atoms with E-state index in [1.165, 1.54) is 0 Å². The molecule has 1 saturated carbocycles. The highest BCUT2D eigenvalue weighted by Crippen LogP contribution is 2.48. The topological polar surface area (TPSA) is 41.5 Å². The molecule has 1 aliphatic rings. The average molecular weight is 310 g/mol. The first-order chi connectivity index (χ1) is 9.32. The van der Waals surface area contributed by atoms with Crippen molar-refractivity contribution in [3.8, 4) is 5.75 Å². The second kappa shape index (κ2) is 5.79. The summed E-state index contributed by atoms with van der Waals surface area (Å²) in [5.41, 5.74) is -1.82. The van der Waals surface area contributed by atoms with Crippen molar-refractivity contribution in [3.05, 3.63) is 29.3 Å². The van der Waals surface area contributed by atoms with Crippen molar-refractivity contribution in [1.82, 2.24) is 5.32 Å². The molecule has 3 nitrogen and oxygen atoms in total. The maximum atomic E-state index is 12.7. The van der Waals surface area contributed by atoms with E-state index in [9.17, 15) is 18.3 Å². The molecule has 0 amide bonds. The van der Waals surface area contributed by atoms with Gasteiger partial charge in [0.05, 0.1) is 0 Å². The molecule has 1 aromatic rings. The predicted molar refractivity (Wildman–Crippen MR) is 69.0 cm³/mol. The van der Waals surface area contributed by atoms with Gasteiger partial charge in [-0.2, -0.15) is 13.2 Å². The lowest BCUT2D eigenvalue weighted by atomic mass is 10.2. The third-order valence-corrected chi connectivity index (χ3v) is 3.44. The molecule has 2 N–H and O–H groups in total. The lowest BCUT2D eigenvalue weighted by Gasteiger charge is -2.22. The number of benzene rings is 1. The van der Waals surface area contributed by atoms with Crippen LogP contribution in [0, 0.1) is 0 Å². The molecule has 1 unspecified atom stereocenters. The molecule has 1 aromatic carbocycles. The Hall–Kier alpha value is -0.980. The van der Waals surface area contributed by atoms with Gasteiger partial charge in [-0.1, -0.05) is 17.7 Å². The minimum absolute atomic E-state index is 0.0539. The van der Waals surface area contributed by atoms with E-state index in [2.05, 4.69) is 5.32 Å². The lowest BCUT2D eigenvalue weighted by Crippen LogP contribution is -2.48. The maximum Gasteiger partial charge on any atom is 0.406 e. The summed E-state index contributed by atoms with van der Waals surface area (Å²) in [4.78, 5) is 0. The van der Waals surface area contributed by atoms with Gasteiger partial charge in [-0.15, -0.1) is 0 Å². The Labute approximate surface area is 119 Å². The van der Waals surface area contributed by atoms with E-state index in [-0.39, 0.29) is 26.0 Å². The van der Waals surface area contributed by atoms with Gasteiger partial charge in [0.25, 0.3) is 0 Å². The molecule has 1 atom stereocenters. The molecule has 20 heavy (non-hydrogen) atoms. The number of ether oxygens (including phenoxy) is 1. The van der Waals surface area contributed by atoms with Crippen LogP contribution in [0.3, 0.4) is 0 Å². The quantitative estimate of drug-likeness (QED) is 0.849. The van der Waals surface area contributed by atoms with E-state index in [1.807, 2.05) is 0 Å². The van der Waals surface area contributed by atoms with Crippen molar-refractivity contribution in [2.24, 2.45) is 0 Å². The summed E-state index contributed by atoms with van der Waals surface area (Å²) < 4.78 is 43.2. The summed E-state index contributed by atoms with van der Waals surface area (Å²) in [6.45, 7) is -0.263. The monoisotopic (exact) mass is 309 g/mol. The second-order valence-electron chi connectivity index (χ2n) is 4.88. The van der Waals surface area contributed by atoms with Crippen molar-refractivity contribution < 1.29 is 23.0 Å². The highest BCUT2D eigenvalue weighted by atomic mass is 35.5. The molecule has 7 heteroatoms. The standard InChI is InChI=1S/C13H15ClF3NO2/c14-9-2-1-3-11(6-9)20-8-10(19)7-18-12(4-5-12)13(15,16)17/h1-3,6,10,18-19H,4-5,7-8H2. The zero-order valence-electron chi connectivity index (χ0n) is 10.6. The summed E-state index contributed by atoms with van der Waals surface area (Å²) >= 11 is 5.76. The molecule has 0 bridgehead atoms. The normalized spacial score (nSPS) is 18.6. The van der Waals surface area contributed by atoms with Gasteiger partial charge in [-0.25, -0.2) is 0 Å². The molecular weight excluding hydrogens is 295 g/mol. The number of hydrogen-bond donors (Lipinski definition) is 2. The van der Waals surface area contributed by atoms with E-state index >= 15 is 0 Å². The molecule has 0 saturated heterocycles. The van der Waals surface area contributed by atoms with Crippen LogP contribution in [0.2, 0.25) is 5.02 Å². The van der Waals surface area contributed by atoms with Crippen LogP contribution < -0.4 is 10.1 Å². The largest absolute Gasteiger partial charge is 0.491 e. The van der Waals surface area contributed by atoms with Crippen LogP contribution in [-0.4, -0.2) is 36.1 Å². The van der Waals surface area contributed by atoms with Crippen molar-refractivity contribution in [2.45, 2.75) is 30.7 Å². The van der Waals surface area contributed by atoms with Crippen LogP contribution in [0.5, 0.6) is 5.75 Å². The van der Waals surface area contributed by atoms with Crippen molar-refractivity contribution >= 4 is 11.6 Å². The van der Waals surface area contributed by atoms with E-state index in [4.69, 9.17) is 16.3 Å². The third kappa shape index (κ3) is 3.77. The van der Waals surface area contributed by atoms with Crippen LogP contribution in [0.1, 0.15) is 12.8 Å². The van der Waals surface area contributed by atoms with Gasteiger partial charge in [0.1, 0.15) is 24.0 Å². The zero-order chi connectivity index (χ0) is 14.8. The van der Waals surface area contributed by atoms with Gasteiger partial charge in [0.2, 0.25) is 0 Å². The molecule has 1 fully saturated rings. The minimum atomic E-state index is -4.28. The molecule has 0 spiro atoms. The molecule has 0 aliphatic heterocycles. The Morgan fingerprint density at radius 1 is 1.40 bits per heavy atom. The van der Waals surface area contributed by atoms with E-state index < -0.39 is 17.8 Å². The Morgan fingerprint density at radius 3 is 2.65 bits per heavy atom. The van der Waals surface area contributed by atoms with Gasteiger partial charge < -0.3 is 15.2 Å². The molecule has 112 valence electrons. The number of nitrogens with one attached hydrogen (secondary N) is 1. The number of halogens is 4. The smallest absolute Gasteiger partial charge is 0.406 e. The fraction of sp³-hybridized carbons (Fsp3) is 0.538. The van der Waals surface area contributed by atoms with Crippen LogP contribution in [0.15, 0.2) is 24.3 Å². The fourth-order valence-electron chi connectivity index (χ4n) is 1.81. The number of rotatable bonds is 6. The molecular formula is C13H15ClF3NO2. The van der Waals surface area contributed by atoms with Crippen LogP contribution >= 0.6 is 11.6 Å². The first kappa shape index (κ1) is 15.4. The zero-order valence-corrected chi connectivity index (χ0v) is 11.3. The molecule has 0 aromatic heterocycles. The Bertz CT molecular complexity index is 463. The first-order valence-electron chi connectivity index (χ1n) is 6.21. The average Bonchev–Trinajstić information content (AvgIpc) is 3.14. The lowest BCUT2D eigenvalue weighted by molar-refractivity contribution is -0.166. The Morgan fingerprint density at radius 2 is 2.10 bits per heavy atom. The van der Waals surface area contributed by atoms with Gasteiger partial charge >= 0.3 is 6.18 Å². The summed E-state index contributed by atoms with van der Waals surface area (Å²) in [6, 6.07) is 6.58. The summed E-state index contributed by atoms with van der Waals surface area (Å²) in [5, 5.41) is 12.5. The Kier molecular flexibility index (Phi) is 4.46. The highest BCUT2D eigenvalue weighted by Gasteiger charge is 2.63. The number of hydrogen-bond acceptors (Lipinski definition) is 3. The summed E-state index contributed by atoms with van der Waals surface area (Å²) in [6.07, 6.45) is -5.19. The third-order valence-electron chi connectivity index (χ3n) is 3.21. The van der Waals surface area contributed by atoms with Gasteiger partial charge in [-0.05, 0) is 31.0 Å². The molecule has 1 aliphatic carbocycles. The molecule has 0 heterocycles. The second-order valence-corrected chi connectivity index (χ2v) is 5.32. The highest BCUT2D eigenvalue weighted by molar-refractivity contribution is 6.30. The van der Waals surface area contributed by atoms with Crippen molar-refractivity contribution in [2.75, 3.05) is 13.2 Å². The molecule has 0 radical (unpaired) electrons. The van der Waals surface area contributed by atoms with Gasteiger partial charge in [-0.3, -0.25) is 0 Å². The van der Waals surface area contributed by atoms with E-state index in [0.717, 1.165) is 0 Å². The predicted octanol–water partition coefficient (Wildman–Crippen LogP) is 2.76. The van der Waals surface area contributed by atoms with E-state index in [1.54, 1.807) is 24.3 Å². The van der Waals surface area contributed by atoms with Gasteiger partial charge in [0, 0.05) is 11.6 Å². The van der Waals surface area contributed by atoms with Crippen molar-refractivity contribution in [1.29, 1.82) is 0 Å². The van der Waals surface area contributed by atoms with Crippen molar-refractivity contribution in [3.63, 3.8) is 0 Å². The Balaban J connectivity index is 1.75. The maximum absolute atomic E-state index is 12.7. The van der Waals surface area contributed by atoms with Crippen LogP contribution in [0.4, 0.5) is 13.2 Å². The fourth-order valence-corrected chi connectivity index (χ4v) is 1.99. The summed E-state index contributed by atoms with van der Waals surface area (Å²) in [7, 11) is 0. The van der Waals surface area contributed by atoms with Crippen LogP contribution in [0.25, 0.3) is 0 Å². The van der Waals surface area contributed by atoms with E-state index in [0.29, 0.717) is 10.8 Å². The SMILES string of the molecule is OC(CNC1(C(F)(F)F)CC1)COc1cccc(Cl)c1. The minimum Gasteiger partial charge on any atom is -0.491 e. The first-order valence-corrected chi connectivity index (χ1v) is 6.58. The number of aliphatic hydroxyl groups excluding tert-OH is 1. The van der Waals surface area contributed by atoms with Gasteiger partial charge in [0.15, 0.2) is 0 Å². The number of aliphatic hydroxyl groups is 1. The molecule has 2 rings (SSSR count). The summed E-state index contributed by atoms with van der Waals surface area (Å²) in [5.74, 6) is 0.466. The number of β-amino-alcohol motifs (C(OH)–C–C–N with tert-alkyl or cyclic N) is 1.